The fourth-order valence-electron chi connectivity index (χ4n) is 2.21. The Kier molecular flexibility index (Phi) is 4.59. The van der Waals surface area contributed by atoms with Gasteiger partial charge in [-0.25, -0.2) is 4.79 Å². The second-order valence-corrected chi connectivity index (χ2v) is 6.05. The first-order valence-corrected chi connectivity index (χ1v) is 6.40. The van der Waals surface area contributed by atoms with E-state index in [9.17, 15) is 9.59 Å². The molecule has 5 heteroatoms. The zero-order valence-electron chi connectivity index (χ0n) is 11.6. The Labute approximate surface area is 108 Å². The summed E-state index contributed by atoms with van der Waals surface area (Å²) in [5, 5.41) is 8.91. The van der Waals surface area contributed by atoms with Crippen LogP contribution < -0.4 is 0 Å². The molecular formula is C13H23NO4. The van der Waals surface area contributed by atoms with E-state index in [-0.39, 0.29) is 12.5 Å². The maximum Gasteiger partial charge on any atom is 0.410 e. The zero-order valence-corrected chi connectivity index (χ0v) is 11.6. The van der Waals surface area contributed by atoms with Gasteiger partial charge >= 0.3 is 12.1 Å². The molecule has 0 spiro atoms. The Hall–Kier alpha value is -1.26. The topological polar surface area (TPSA) is 66.8 Å². The number of carbonyl (C=O) groups is 2. The third-order valence-corrected chi connectivity index (χ3v) is 3.02. The first-order chi connectivity index (χ1) is 8.19. The van der Waals surface area contributed by atoms with Crippen LogP contribution in [0.15, 0.2) is 0 Å². The van der Waals surface area contributed by atoms with Gasteiger partial charge in [-0.15, -0.1) is 0 Å². The summed E-state index contributed by atoms with van der Waals surface area (Å²) < 4.78 is 5.32. The van der Waals surface area contributed by atoms with E-state index < -0.39 is 17.7 Å². The summed E-state index contributed by atoms with van der Waals surface area (Å²) in [5.41, 5.74) is -0.548. The van der Waals surface area contributed by atoms with E-state index in [1.807, 2.05) is 20.8 Å². The van der Waals surface area contributed by atoms with E-state index in [2.05, 4.69) is 6.92 Å². The molecule has 0 radical (unpaired) electrons. The molecule has 1 heterocycles. The minimum Gasteiger partial charge on any atom is -0.481 e. The number of amides is 1. The van der Waals surface area contributed by atoms with Crippen molar-refractivity contribution < 1.29 is 19.4 Å². The van der Waals surface area contributed by atoms with Crippen molar-refractivity contribution in [1.82, 2.24) is 4.90 Å². The number of piperidine rings is 1. The highest BCUT2D eigenvalue weighted by atomic mass is 16.6. The summed E-state index contributed by atoms with van der Waals surface area (Å²) >= 11 is 0. The summed E-state index contributed by atoms with van der Waals surface area (Å²) in [6.07, 6.45) is 1.21. The summed E-state index contributed by atoms with van der Waals surface area (Å²) in [5.74, 6) is -0.421. The van der Waals surface area contributed by atoms with Crippen molar-refractivity contribution in [3.63, 3.8) is 0 Å². The molecule has 2 unspecified atom stereocenters. The molecule has 1 saturated heterocycles. The van der Waals surface area contributed by atoms with E-state index in [0.29, 0.717) is 12.5 Å². The molecule has 5 nitrogen and oxygen atoms in total. The van der Waals surface area contributed by atoms with E-state index in [1.165, 1.54) is 0 Å². The Morgan fingerprint density at radius 2 is 2.00 bits per heavy atom. The van der Waals surface area contributed by atoms with Gasteiger partial charge in [0, 0.05) is 12.6 Å². The third-order valence-electron chi connectivity index (χ3n) is 3.02. The Bertz CT molecular complexity index is 321. The van der Waals surface area contributed by atoms with Gasteiger partial charge in [0.2, 0.25) is 0 Å². The molecule has 1 rings (SSSR count). The highest BCUT2D eigenvalue weighted by molar-refractivity contribution is 5.72. The minimum absolute atomic E-state index is 0.0103. The second kappa shape index (κ2) is 5.59. The fourth-order valence-corrected chi connectivity index (χ4v) is 2.21. The van der Waals surface area contributed by atoms with Crippen molar-refractivity contribution in [2.24, 2.45) is 5.92 Å². The van der Waals surface area contributed by atoms with Crippen molar-refractivity contribution in [3.8, 4) is 0 Å². The maximum absolute atomic E-state index is 12.0. The van der Waals surface area contributed by atoms with Gasteiger partial charge < -0.3 is 14.7 Å². The SMILES string of the molecule is CC1CCN(C(=O)OC(C)(C)C)C(CC(=O)O)C1. The quantitative estimate of drug-likeness (QED) is 0.825. The largest absolute Gasteiger partial charge is 0.481 e. The Morgan fingerprint density at radius 1 is 1.39 bits per heavy atom. The van der Waals surface area contributed by atoms with Crippen LogP contribution in [0.1, 0.15) is 47.0 Å². The second-order valence-electron chi connectivity index (χ2n) is 6.05. The summed E-state index contributed by atoms with van der Waals surface area (Å²) in [4.78, 5) is 24.4. The lowest BCUT2D eigenvalue weighted by Crippen LogP contribution is -2.48. The molecule has 1 aliphatic heterocycles. The van der Waals surface area contributed by atoms with Crippen molar-refractivity contribution in [3.05, 3.63) is 0 Å². The molecule has 0 aromatic heterocycles. The molecule has 104 valence electrons. The van der Waals surface area contributed by atoms with E-state index in [4.69, 9.17) is 9.84 Å². The van der Waals surface area contributed by atoms with Crippen LogP contribution >= 0.6 is 0 Å². The number of carbonyl (C=O) groups excluding carboxylic acids is 1. The van der Waals surface area contributed by atoms with Crippen LogP contribution in [0.4, 0.5) is 4.79 Å². The number of carboxylic acids is 1. The predicted octanol–water partition coefficient (Wildman–Crippen LogP) is 2.50. The van der Waals surface area contributed by atoms with Gasteiger partial charge in [0.15, 0.2) is 0 Å². The molecule has 1 amide bonds. The van der Waals surface area contributed by atoms with Crippen LogP contribution in [0.25, 0.3) is 0 Å². The monoisotopic (exact) mass is 257 g/mol. The van der Waals surface area contributed by atoms with Crippen LogP contribution in [0, 0.1) is 5.92 Å². The van der Waals surface area contributed by atoms with Gasteiger partial charge in [0.05, 0.1) is 6.42 Å². The van der Waals surface area contributed by atoms with Gasteiger partial charge in [0.25, 0.3) is 0 Å². The number of carboxylic acid groups (broad SMARTS) is 1. The average Bonchev–Trinajstić information content (AvgIpc) is 2.13. The molecule has 0 saturated carbocycles. The number of ether oxygens (including phenoxy) is 1. The molecule has 2 atom stereocenters. The lowest BCUT2D eigenvalue weighted by atomic mass is 9.91. The van der Waals surface area contributed by atoms with Crippen molar-refractivity contribution in [2.75, 3.05) is 6.54 Å². The lowest BCUT2D eigenvalue weighted by molar-refractivity contribution is -0.138. The number of rotatable bonds is 2. The van der Waals surface area contributed by atoms with Gasteiger partial charge in [-0.05, 0) is 39.5 Å². The molecule has 0 aromatic carbocycles. The van der Waals surface area contributed by atoms with Crippen LogP contribution in [0.3, 0.4) is 0 Å². The van der Waals surface area contributed by atoms with Gasteiger partial charge in [-0.2, -0.15) is 0 Å². The van der Waals surface area contributed by atoms with Crippen LogP contribution in [-0.2, 0) is 9.53 Å². The highest BCUT2D eigenvalue weighted by Crippen LogP contribution is 2.26. The van der Waals surface area contributed by atoms with Crippen molar-refractivity contribution in [1.29, 1.82) is 0 Å². The molecule has 0 aliphatic carbocycles. The molecular weight excluding hydrogens is 234 g/mol. The third kappa shape index (κ3) is 4.55. The lowest BCUT2D eigenvalue weighted by Gasteiger charge is -2.38. The maximum atomic E-state index is 12.0. The molecule has 0 aromatic rings. The fraction of sp³-hybridized carbons (Fsp3) is 0.846. The van der Waals surface area contributed by atoms with E-state index in [0.717, 1.165) is 12.8 Å². The number of nitrogens with zero attached hydrogens (tertiary/aromatic N) is 1. The summed E-state index contributed by atoms with van der Waals surface area (Å²) in [7, 11) is 0. The highest BCUT2D eigenvalue weighted by Gasteiger charge is 2.33. The van der Waals surface area contributed by atoms with Gasteiger partial charge in [-0.1, -0.05) is 6.92 Å². The first kappa shape index (κ1) is 14.8. The first-order valence-electron chi connectivity index (χ1n) is 6.40. The normalized spacial score (nSPS) is 24.8. The number of hydrogen-bond acceptors (Lipinski definition) is 3. The predicted molar refractivity (Wildman–Crippen MR) is 67.4 cm³/mol. The summed E-state index contributed by atoms with van der Waals surface area (Å²) in [6, 6.07) is -0.249. The van der Waals surface area contributed by atoms with Gasteiger partial charge in [-0.3, -0.25) is 4.79 Å². The standard InChI is InChI=1S/C13H23NO4/c1-9-5-6-14(10(7-9)8-11(15)16)12(17)18-13(2,3)4/h9-10H,5-8H2,1-4H3,(H,15,16). The average molecular weight is 257 g/mol. The van der Waals surface area contributed by atoms with E-state index >= 15 is 0 Å². The Balaban J connectivity index is 2.70. The molecule has 18 heavy (non-hydrogen) atoms. The number of likely N-dealkylation sites (tertiary alicyclic amines) is 1. The number of aliphatic carboxylic acids is 1. The van der Waals surface area contributed by atoms with Crippen LogP contribution in [-0.4, -0.2) is 40.3 Å². The van der Waals surface area contributed by atoms with Crippen molar-refractivity contribution >= 4 is 12.1 Å². The van der Waals surface area contributed by atoms with Crippen molar-refractivity contribution in [2.45, 2.75) is 58.6 Å². The van der Waals surface area contributed by atoms with Gasteiger partial charge in [0.1, 0.15) is 5.60 Å². The van der Waals surface area contributed by atoms with Crippen LogP contribution in [0.5, 0.6) is 0 Å². The molecule has 1 aliphatic rings. The molecule has 1 N–H and O–H groups in total. The van der Waals surface area contributed by atoms with E-state index in [1.54, 1.807) is 4.90 Å². The van der Waals surface area contributed by atoms with Crippen LogP contribution in [0.2, 0.25) is 0 Å². The summed E-state index contributed by atoms with van der Waals surface area (Å²) in [6.45, 7) is 8.09. The minimum atomic E-state index is -0.873. The number of hydrogen-bond donors (Lipinski definition) is 1. The Morgan fingerprint density at radius 3 is 2.50 bits per heavy atom. The smallest absolute Gasteiger partial charge is 0.410 e. The molecule has 1 fully saturated rings. The molecule has 0 bridgehead atoms. The zero-order chi connectivity index (χ0) is 13.9.